The van der Waals surface area contributed by atoms with Crippen LogP contribution in [0.15, 0.2) is 18.2 Å². The van der Waals surface area contributed by atoms with Crippen molar-refractivity contribution in [1.82, 2.24) is 10.2 Å². The van der Waals surface area contributed by atoms with E-state index in [1.54, 1.807) is 12.1 Å². The summed E-state index contributed by atoms with van der Waals surface area (Å²) in [6, 6.07) is 5.78. The Hall–Kier alpha value is -1.17. The highest BCUT2D eigenvalue weighted by Gasteiger charge is 2.36. The van der Waals surface area contributed by atoms with Gasteiger partial charge in [0, 0.05) is 41.8 Å². The van der Waals surface area contributed by atoms with Crippen LogP contribution in [0.1, 0.15) is 24.8 Å². The first-order chi connectivity index (χ1) is 9.65. The minimum Gasteiger partial charge on any atom is -0.308 e. The van der Waals surface area contributed by atoms with E-state index in [0.29, 0.717) is 29.2 Å². The summed E-state index contributed by atoms with van der Waals surface area (Å²) in [5, 5.41) is 15.1. The minimum atomic E-state index is -0.343. The molecule has 5 nitrogen and oxygen atoms in total. The Kier molecular flexibility index (Phi) is 3.92. The first kappa shape index (κ1) is 13.8. The summed E-state index contributed by atoms with van der Waals surface area (Å²) in [6.07, 6.45) is 3.62. The Labute approximate surface area is 123 Å². The highest BCUT2D eigenvalue weighted by Crippen LogP contribution is 2.29. The van der Waals surface area contributed by atoms with Crippen molar-refractivity contribution in [3.05, 3.63) is 38.9 Å². The predicted molar refractivity (Wildman–Crippen MR) is 77.9 cm³/mol. The number of rotatable bonds is 4. The zero-order chi connectivity index (χ0) is 14.1. The summed E-state index contributed by atoms with van der Waals surface area (Å²) < 4.78 is 0. The van der Waals surface area contributed by atoms with Crippen molar-refractivity contribution >= 4 is 17.3 Å². The third kappa shape index (κ3) is 2.66. The van der Waals surface area contributed by atoms with Gasteiger partial charge in [-0.2, -0.15) is 0 Å². The van der Waals surface area contributed by atoms with Crippen molar-refractivity contribution in [2.24, 2.45) is 0 Å². The van der Waals surface area contributed by atoms with Gasteiger partial charge in [0.05, 0.1) is 4.92 Å². The van der Waals surface area contributed by atoms with Crippen molar-refractivity contribution in [2.75, 3.05) is 13.1 Å². The van der Waals surface area contributed by atoms with Crippen LogP contribution in [0.3, 0.4) is 0 Å². The fraction of sp³-hybridized carbons (Fsp3) is 0.571. The summed E-state index contributed by atoms with van der Waals surface area (Å²) in [5.74, 6) is 0. The summed E-state index contributed by atoms with van der Waals surface area (Å²) in [5.41, 5.74) is 0.808. The van der Waals surface area contributed by atoms with Gasteiger partial charge >= 0.3 is 0 Å². The van der Waals surface area contributed by atoms with E-state index in [9.17, 15) is 10.1 Å². The van der Waals surface area contributed by atoms with Gasteiger partial charge in [0.25, 0.3) is 5.69 Å². The van der Waals surface area contributed by atoms with Crippen molar-refractivity contribution in [3.63, 3.8) is 0 Å². The average molecular weight is 296 g/mol. The summed E-state index contributed by atoms with van der Waals surface area (Å²) in [6.45, 7) is 2.84. The zero-order valence-corrected chi connectivity index (χ0v) is 12.0. The van der Waals surface area contributed by atoms with Crippen LogP contribution >= 0.6 is 11.6 Å². The lowest BCUT2D eigenvalue weighted by molar-refractivity contribution is -0.385. The smallest absolute Gasteiger partial charge is 0.273 e. The van der Waals surface area contributed by atoms with Gasteiger partial charge in [-0.15, -0.1) is 0 Å². The van der Waals surface area contributed by atoms with Crippen LogP contribution in [0.2, 0.25) is 5.02 Å². The number of hydrogen-bond acceptors (Lipinski definition) is 4. The average Bonchev–Trinajstić information content (AvgIpc) is 2.99. The van der Waals surface area contributed by atoms with Crippen LogP contribution in [0.5, 0.6) is 0 Å². The molecule has 0 spiro atoms. The molecule has 0 amide bonds. The van der Waals surface area contributed by atoms with E-state index in [1.807, 2.05) is 0 Å². The molecule has 2 aliphatic rings. The number of halogens is 1. The number of nitro benzene ring substituents is 1. The SMILES string of the molecule is O=[N+]([O-])c1ccc(Cl)cc1CNC1CCN2CCCC12. The molecule has 2 saturated heterocycles. The molecule has 0 saturated carbocycles. The predicted octanol–water partition coefficient (Wildman–Crippen LogP) is 2.57. The van der Waals surface area contributed by atoms with E-state index in [1.165, 1.54) is 25.5 Å². The fourth-order valence-electron chi connectivity index (χ4n) is 3.44. The molecule has 20 heavy (non-hydrogen) atoms. The van der Waals surface area contributed by atoms with Gasteiger partial charge in [-0.3, -0.25) is 15.0 Å². The Morgan fingerprint density at radius 1 is 1.40 bits per heavy atom. The third-order valence-corrected chi connectivity index (χ3v) is 4.63. The second-order valence-corrected chi connectivity index (χ2v) is 5.99. The molecule has 1 aromatic carbocycles. The number of hydrogen-bond donors (Lipinski definition) is 1. The molecule has 2 fully saturated rings. The molecule has 3 rings (SSSR count). The zero-order valence-electron chi connectivity index (χ0n) is 11.2. The molecule has 0 radical (unpaired) electrons. The molecule has 108 valence electrons. The maximum Gasteiger partial charge on any atom is 0.273 e. The number of nitro groups is 1. The summed E-state index contributed by atoms with van der Waals surface area (Å²) in [7, 11) is 0. The van der Waals surface area contributed by atoms with Gasteiger partial charge in [0.2, 0.25) is 0 Å². The maximum absolute atomic E-state index is 11.0. The molecule has 2 atom stereocenters. The van der Waals surface area contributed by atoms with E-state index >= 15 is 0 Å². The minimum absolute atomic E-state index is 0.142. The second kappa shape index (κ2) is 5.68. The number of benzene rings is 1. The molecule has 2 aliphatic heterocycles. The van der Waals surface area contributed by atoms with Crippen LogP contribution in [0, 0.1) is 10.1 Å². The molecular weight excluding hydrogens is 278 g/mol. The molecule has 0 bridgehead atoms. The molecule has 1 N–H and O–H groups in total. The van der Waals surface area contributed by atoms with Gasteiger partial charge < -0.3 is 5.32 Å². The van der Waals surface area contributed by atoms with Gasteiger partial charge in [0.1, 0.15) is 0 Å². The first-order valence-corrected chi connectivity index (χ1v) is 7.43. The van der Waals surface area contributed by atoms with Gasteiger partial charge in [-0.1, -0.05) is 11.6 Å². The van der Waals surface area contributed by atoms with Crippen LogP contribution in [0.25, 0.3) is 0 Å². The normalized spacial score (nSPS) is 25.9. The van der Waals surface area contributed by atoms with Gasteiger partial charge in [-0.05, 0) is 37.9 Å². The van der Waals surface area contributed by atoms with Gasteiger partial charge in [0.15, 0.2) is 0 Å². The Balaban J connectivity index is 1.69. The van der Waals surface area contributed by atoms with E-state index < -0.39 is 0 Å². The lowest BCUT2D eigenvalue weighted by Gasteiger charge is -2.21. The van der Waals surface area contributed by atoms with E-state index in [4.69, 9.17) is 11.6 Å². The topological polar surface area (TPSA) is 58.4 Å². The van der Waals surface area contributed by atoms with Crippen LogP contribution < -0.4 is 5.32 Å². The quantitative estimate of drug-likeness (QED) is 0.685. The monoisotopic (exact) mass is 295 g/mol. The first-order valence-electron chi connectivity index (χ1n) is 7.05. The van der Waals surface area contributed by atoms with Crippen LogP contribution in [-0.4, -0.2) is 35.0 Å². The fourth-order valence-corrected chi connectivity index (χ4v) is 3.63. The molecule has 6 heteroatoms. The highest BCUT2D eigenvalue weighted by molar-refractivity contribution is 6.30. The van der Waals surface area contributed by atoms with Crippen LogP contribution in [0.4, 0.5) is 5.69 Å². The third-order valence-electron chi connectivity index (χ3n) is 4.40. The number of nitrogens with zero attached hydrogens (tertiary/aromatic N) is 2. The number of fused-ring (bicyclic) bond motifs is 1. The van der Waals surface area contributed by atoms with E-state index in [-0.39, 0.29) is 10.6 Å². The van der Waals surface area contributed by atoms with Crippen molar-refractivity contribution in [2.45, 2.75) is 37.9 Å². The van der Waals surface area contributed by atoms with E-state index in [0.717, 1.165) is 13.0 Å². The van der Waals surface area contributed by atoms with Crippen molar-refractivity contribution < 1.29 is 4.92 Å². The summed E-state index contributed by atoms with van der Waals surface area (Å²) in [4.78, 5) is 13.2. The maximum atomic E-state index is 11.0. The molecule has 2 unspecified atom stereocenters. The van der Waals surface area contributed by atoms with Gasteiger partial charge in [-0.25, -0.2) is 0 Å². The summed E-state index contributed by atoms with van der Waals surface area (Å²) >= 11 is 5.95. The number of nitrogens with one attached hydrogen (secondary N) is 1. The standard InChI is InChI=1S/C14H18ClN3O2/c15-11-3-4-13(18(19)20)10(8-11)9-16-12-5-7-17-6-1-2-14(12)17/h3-4,8,12,14,16H,1-2,5-7,9H2. The lowest BCUT2D eigenvalue weighted by Crippen LogP contribution is -2.38. The highest BCUT2D eigenvalue weighted by atomic mass is 35.5. The van der Waals surface area contributed by atoms with Crippen molar-refractivity contribution in [3.8, 4) is 0 Å². The van der Waals surface area contributed by atoms with Crippen molar-refractivity contribution in [1.29, 1.82) is 0 Å². The Morgan fingerprint density at radius 3 is 3.05 bits per heavy atom. The molecular formula is C14H18ClN3O2. The second-order valence-electron chi connectivity index (χ2n) is 5.55. The van der Waals surface area contributed by atoms with E-state index in [2.05, 4.69) is 10.2 Å². The molecule has 2 heterocycles. The Morgan fingerprint density at radius 2 is 2.25 bits per heavy atom. The largest absolute Gasteiger partial charge is 0.308 e. The lowest BCUT2D eigenvalue weighted by atomic mass is 10.1. The van der Waals surface area contributed by atoms with Crippen LogP contribution in [-0.2, 0) is 6.54 Å². The molecule has 0 aliphatic carbocycles. The molecule has 1 aromatic rings. The Bertz CT molecular complexity index is 523. The molecule has 0 aromatic heterocycles.